The van der Waals surface area contributed by atoms with E-state index in [1.165, 1.54) is 0 Å². The van der Waals surface area contributed by atoms with Gasteiger partial charge in [-0.25, -0.2) is 0 Å². The van der Waals surface area contributed by atoms with Crippen LogP contribution in [0.15, 0.2) is 30.4 Å². The third kappa shape index (κ3) is 4.13. The van der Waals surface area contributed by atoms with E-state index in [0.717, 1.165) is 6.42 Å². The molecule has 0 bridgehead atoms. The van der Waals surface area contributed by atoms with Gasteiger partial charge >= 0.3 is 0 Å². The number of amides is 1. The summed E-state index contributed by atoms with van der Waals surface area (Å²) in [5, 5.41) is 6.40. The van der Waals surface area contributed by atoms with Crippen LogP contribution in [0, 0.1) is 0 Å². The summed E-state index contributed by atoms with van der Waals surface area (Å²) in [7, 11) is 0. The molecule has 0 radical (unpaired) electrons. The Kier molecular flexibility index (Phi) is 6.85. The molecule has 6 heteroatoms. The van der Waals surface area contributed by atoms with E-state index in [1.807, 2.05) is 19.1 Å². The molecular weight excluding hydrogens is 299 g/mol. The van der Waals surface area contributed by atoms with Gasteiger partial charge < -0.3 is 10.1 Å². The highest BCUT2D eigenvalue weighted by molar-refractivity contribution is 6.32. The van der Waals surface area contributed by atoms with Crippen LogP contribution in [0.25, 0.3) is 0 Å². The van der Waals surface area contributed by atoms with Crippen molar-refractivity contribution in [1.29, 1.82) is 0 Å². The van der Waals surface area contributed by atoms with Crippen LogP contribution in [-0.2, 0) is 4.79 Å². The lowest BCUT2D eigenvalue weighted by molar-refractivity contribution is -0.116. The summed E-state index contributed by atoms with van der Waals surface area (Å²) >= 11 is 6.10. The minimum Gasteiger partial charge on any atom is -0.490 e. The predicted octanol–water partition coefficient (Wildman–Crippen LogP) is 3.02. The number of nitrogens with one attached hydrogen (secondary N) is 2. The Morgan fingerprint density at radius 1 is 1.55 bits per heavy atom. The van der Waals surface area contributed by atoms with Gasteiger partial charge in [-0.05, 0) is 18.6 Å². The zero-order valence-corrected chi connectivity index (χ0v) is 12.8. The maximum Gasteiger partial charge on any atom is 0.245 e. The third-order valence-corrected chi connectivity index (χ3v) is 3.04. The Labute approximate surface area is 129 Å². The molecule has 0 saturated heterocycles. The van der Waals surface area contributed by atoms with Gasteiger partial charge in [-0.3, -0.25) is 10.1 Å². The smallest absolute Gasteiger partial charge is 0.245 e. The summed E-state index contributed by atoms with van der Waals surface area (Å²) < 4.78 is 5.60. The van der Waals surface area contributed by atoms with Crippen molar-refractivity contribution in [2.45, 2.75) is 19.4 Å². The Morgan fingerprint density at radius 3 is 3.00 bits per heavy atom. The summed E-state index contributed by atoms with van der Waals surface area (Å²) in [4.78, 5) is 12.0. The van der Waals surface area contributed by atoms with Crippen molar-refractivity contribution in [3.63, 3.8) is 0 Å². The first kappa shape index (κ1) is 16.8. The van der Waals surface area contributed by atoms with E-state index in [1.54, 1.807) is 18.2 Å². The van der Waals surface area contributed by atoms with E-state index in [4.69, 9.17) is 16.3 Å². The lowest BCUT2D eigenvalue weighted by Gasteiger charge is -2.15. The van der Waals surface area contributed by atoms with E-state index >= 15 is 0 Å². The van der Waals surface area contributed by atoms with Crippen molar-refractivity contribution in [2.75, 3.05) is 18.5 Å². The number of halogens is 2. The largest absolute Gasteiger partial charge is 0.490 e. The molecule has 0 aliphatic carbocycles. The van der Waals surface area contributed by atoms with Crippen LogP contribution in [0.2, 0.25) is 5.02 Å². The van der Waals surface area contributed by atoms with Crippen molar-refractivity contribution in [2.24, 2.45) is 0 Å². The highest BCUT2D eigenvalue weighted by Crippen LogP contribution is 2.33. The predicted molar refractivity (Wildman–Crippen MR) is 84.0 cm³/mol. The molecule has 1 aliphatic rings. The lowest BCUT2D eigenvalue weighted by atomic mass is 10.2. The van der Waals surface area contributed by atoms with Gasteiger partial charge in [-0.2, -0.15) is 0 Å². The number of benzene rings is 1. The van der Waals surface area contributed by atoms with Gasteiger partial charge in [0.15, 0.2) is 5.75 Å². The Bertz CT molecular complexity index is 492. The highest BCUT2D eigenvalue weighted by Gasteiger charge is 2.19. The number of carbonyl (C=O) groups is 1. The number of para-hydroxylation sites is 1. The van der Waals surface area contributed by atoms with Crippen LogP contribution >= 0.6 is 24.0 Å². The lowest BCUT2D eigenvalue weighted by Crippen LogP contribution is -2.35. The maximum atomic E-state index is 12.0. The summed E-state index contributed by atoms with van der Waals surface area (Å²) in [6.07, 6.45) is 4.65. The fourth-order valence-corrected chi connectivity index (χ4v) is 2.04. The second-order valence-electron chi connectivity index (χ2n) is 4.27. The molecule has 2 rings (SSSR count). The van der Waals surface area contributed by atoms with E-state index in [9.17, 15) is 4.79 Å². The molecule has 1 unspecified atom stereocenters. The molecule has 0 aromatic heterocycles. The van der Waals surface area contributed by atoms with Crippen molar-refractivity contribution in [1.82, 2.24) is 5.32 Å². The van der Waals surface area contributed by atoms with Gasteiger partial charge in [0.05, 0.1) is 17.3 Å². The molecule has 110 valence electrons. The maximum absolute atomic E-state index is 12.0. The van der Waals surface area contributed by atoms with Gasteiger partial charge in [0, 0.05) is 6.54 Å². The second-order valence-corrected chi connectivity index (χ2v) is 4.68. The fourth-order valence-electron chi connectivity index (χ4n) is 1.82. The molecular formula is C14H18Cl2N2O2. The topological polar surface area (TPSA) is 50.4 Å². The molecule has 1 aromatic carbocycles. The van der Waals surface area contributed by atoms with E-state index in [0.29, 0.717) is 29.6 Å². The van der Waals surface area contributed by atoms with E-state index in [2.05, 4.69) is 10.6 Å². The Hall–Kier alpha value is -1.23. The van der Waals surface area contributed by atoms with E-state index < -0.39 is 0 Å². The first-order valence-electron chi connectivity index (χ1n) is 6.34. The molecule has 1 heterocycles. The highest BCUT2D eigenvalue weighted by atomic mass is 35.5. The molecule has 2 N–H and O–H groups in total. The minimum absolute atomic E-state index is 0. The summed E-state index contributed by atoms with van der Waals surface area (Å²) in [6.45, 7) is 3.29. The first-order valence-corrected chi connectivity index (χ1v) is 6.72. The molecule has 1 amide bonds. The average molecular weight is 317 g/mol. The van der Waals surface area contributed by atoms with Crippen LogP contribution in [0.3, 0.4) is 0 Å². The minimum atomic E-state index is -0.294. The van der Waals surface area contributed by atoms with Crippen LogP contribution < -0.4 is 15.4 Å². The van der Waals surface area contributed by atoms with Crippen LogP contribution in [0.4, 0.5) is 5.69 Å². The van der Waals surface area contributed by atoms with Crippen molar-refractivity contribution in [3.05, 3.63) is 35.4 Å². The number of hydrogen-bond donors (Lipinski definition) is 2. The molecule has 20 heavy (non-hydrogen) atoms. The second kappa shape index (κ2) is 8.15. The molecule has 1 aliphatic heterocycles. The van der Waals surface area contributed by atoms with Gasteiger partial charge in [-0.15, -0.1) is 12.4 Å². The molecule has 0 spiro atoms. The number of carbonyl (C=O) groups excluding carboxylic acids is 1. The number of ether oxygens (including phenoxy) is 1. The van der Waals surface area contributed by atoms with Crippen LogP contribution in [0.5, 0.6) is 5.75 Å². The standard InChI is InChI=1S/C14H17ClN2O2.ClH/c1-2-9-19-13-10(15)5-3-6-11(13)17-14(18)12-7-4-8-16-12;/h3-7,12,16H,2,8-9H2,1H3,(H,17,18);1H. The first-order chi connectivity index (χ1) is 9.22. The summed E-state index contributed by atoms with van der Waals surface area (Å²) in [5.41, 5.74) is 0.605. The molecule has 0 saturated carbocycles. The SMILES string of the molecule is CCCOc1c(Cl)cccc1NC(=O)C1C=CCN1.Cl. The molecule has 4 nitrogen and oxygen atoms in total. The average Bonchev–Trinajstić information content (AvgIpc) is 2.92. The van der Waals surface area contributed by atoms with Crippen molar-refractivity contribution < 1.29 is 9.53 Å². The number of anilines is 1. The van der Waals surface area contributed by atoms with Crippen LogP contribution in [0.1, 0.15) is 13.3 Å². The summed E-state index contributed by atoms with van der Waals surface area (Å²) in [5.74, 6) is 0.415. The van der Waals surface area contributed by atoms with Crippen LogP contribution in [-0.4, -0.2) is 25.1 Å². The quantitative estimate of drug-likeness (QED) is 0.821. The normalized spacial score (nSPS) is 16.6. The Morgan fingerprint density at radius 2 is 2.35 bits per heavy atom. The van der Waals surface area contributed by atoms with E-state index in [-0.39, 0.29) is 24.4 Å². The third-order valence-electron chi connectivity index (χ3n) is 2.74. The zero-order valence-electron chi connectivity index (χ0n) is 11.2. The number of rotatable bonds is 5. The monoisotopic (exact) mass is 316 g/mol. The van der Waals surface area contributed by atoms with Gasteiger partial charge in [0.1, 0.15) is 6.04 Å². The van der Waals surface area contributed by atoms with Gasteiger partial charge in [0.2, 0.25) is 5.91 Å². The zero-order chi connectivity index (χ0) is 13.7. The van der Waals surface area contributed by atoms with Gasteiger partial charge in [-0.1, -0.05) is 36.7 Å². The van der Waals surface area contributed by atoms with Gasteiger partial charge in [0.25, 0.3) is 0 Å². The fraction of sp³-hybridized carbons (Fsp3) is 0.357. The summed E-state index contributed by atoms with van der Waals surface area (Å²) in [6, 6.07) is 5.02. The molecule has 1 aromatic rings. The number of hydrogen-bond acceptors (Lipinski definition) is 3. The van der Waals surface area contributed by atoms with Crippen molar-refractivity contribution >= 4 is 35.6 Å². The van der Waals surface area contributed by atoms with Crippen molar-refractivity contribution in [3.8, 4) is 5.75 Å². The Balaban J connectivity index is 0.00000200. The molecule has 1 atom stereocenters. The molecule has 0 fully saturated rings.